The molecule has 0 spiro atoms. The van der Waals surface area contributed by atoms with Gasteiger partial charge in [-0.2, -0.15) is 22.5 Å². The zero-order valence-electron chi connectivity index (χ0n) is 57.3. The lowest BCUT2D eigenvalue weighted by Crippen LogP contribution is -2.26. The van der Waals surface area contributed by atoms with E-state index in [9.17, 15) is 18.0 Å². The summed E-state index contributed by atoms with van der Waals surface area (Å²) in [6.07, 6.45) is 4.62. The lowest BCUT2D eigenvalue weighted by Gasteiger charge is -2.15. The van der Waals surface area contributed by atoms with Gasteiger partial charge in [-0.25, -0.2) is 14.0 Å². The maximum Gasteiger partial charge on any atom is 0.288 e. The smallest absolute Gasteiger partial charge is 0.288 e. The number of nitrogens with one attached hydrogen (secondary N) is 7. The van der Waals surface area contributed by atoms with Gasteiger partial charge in [0.2, 0.25) is 0 Å². The molecule has 0 bridgehead atoms. The zero-order valence-corrected chi connectivity index (χ0v) is 58.9. The van der Waals surface area contributed by atoms with E-state index in [4.69, 9.17) is 27.9 Å². The van der Waals surface area contributed by atoms with Gasteiger partial charge in [0.25, 0.3) is 34.3 Å². The summed E-state index contributed by atoms with van der Waals surface area (Å²) in [6, 6.07) is 36.5. The summed E-state index contributed by atoms with van der Waals surface area (Å²) in [6.45, 7) is 31.6. The molecule has 11 rings (SSSR count). The Morgan fingerprint density at radius 2 is 0.969 bits per heavy atom. The number of amides is 2. The van der Waals surface area contributed by atoms with Crippen LogP contribution in [-0.2, 0) is 39.8 Å². The number of benzene rings is 5. The fourth-order valence-electron chi connectivity index (χ4n) is 9.71. The van der Waals surface area contributed by atoms with Crippen LogP contribution in [-0.4, -0.2) is 92.9 Å². The Kier molecular flexibility index (Phi) is 23.1. The van der Waals surface area contributed by atoms with Gasteiger partial charge < -0.3 is 28.5 Å². The number of hydrogen-bond acceptors (Lipinski definition) is 14. The van der Waals surface area contributed by atoms with E-state index >= 15 is 0 Å². The number of rotatable bonds is 24. The fraction of sp³-hybridized carbons (Fsp3) is 0.371. The van der Waals surface area contributed by atoms with Crippen LogP contribution in [0, 0.1) is 27.7 Å². The monoisotopic (exact) mass is 1340 g/mol. The number of fused-ring (bicyclic) bond motifs is 3. The fourth-order valence-corrected chi connectivity index (χ4v) is 11.2. The van der Waals surface area contributed by atoms with E-state index in [2.05, 4.69) is 118 Å². The largest absolute Gasteiger partial charge is 0.493 e. The van der Waals surface area contributed by atoms with Crippen LogP contribution < -0.4 is 37.9 Å². The average molecular weight is 1350 g/mol. The lowest BCUT2D eigenvalue weighted by molar-refractivity contribution is 0.101. The first-order chi connectivity index (χ1) is 45.7. The average Bonchev–Trinajstić information content (AvgIpc) is 1.61. The molecule has 5 aromatic carbocycles. The molecule has 6 heterocycles. The number of carbonyl (C=O) groups excluding carboxylic acids is 2. The van der Waals surface area contributed by atoms with Crippen LogP contribution in [0.15, 0.2) is 121 Å². The second-order valence-corrected chi connectivity index (χ2v) is 27.5. The third-order valence-electron chi connectivity index (χ3n) is 15.3. The summed E-state index contributed by atoms with van der Waals surface area (Å²) in [5.74, 6) is 3.21. The molecule has 11 aromatic rings. The van der Waals surface area contributed by atoms with Crippen molar-refractivity contribution in [2.45, 2.75) is 159 Å². The Balaban J connectivity index is 0.000000188. The first-order valence-electron chi connectivity index (χ1n) is 32.2. The molecule has 0 aliphatic rings. The first kappa shape index (κ1) is 70.8. The van der Waals surface area contributed by atoms with Gasteiger partial charge in [-0.15, -0.1) is 25.5 Å². The SMILES string of the molecule is CCCCOc1ccc(C)cc1C(=O)Nc1cc(NC(=O)c2cc(C)ccc2OCCCC)cc(-c2nc3cc(C(C)(C)C)[nH]n3n2)c1.CCc1cc2nnc(C(C)NS(=O)Oc3ccc(C)cc3)n2[nH]1.Cc1ccc(OS(=O)NC(C)c2nnc3cc(C(C)(C)C)[nH]n23)cc1. The van der Waals surface area contributed by atoms with Crippen LogP contribution in [0.1, 0.15) is 186 Å². The highest BCUT2D eigenvalue weighted by molar-refractivity contribution is 7.78. The maximum absolute atomic E-state index is 13.7. The predicted octanol–water partition coefficient (Wildman–Crippen LogP) is 13.7. The maximum atomic E-state index is 13.7. The van der Waals surface area contributed by atoms with E-state index in [1.54, 1.807) is 56.1 Å². The molecule has 4 unspecified atom stereocenters. The van der Waals surface area contributed by atoms with Gasteiger partial charge in [0.05, 0.1) is 36.4 Å². The summed E-state index contributed by atoms with van der Waals surface area (Å²) < 4.78 is 58.0. The molecule has 0 aliphatic heterocycles. The quantitative estimate of drug-likeness (QED) is 0.0277. The lowest BCUT2D eigenvalue weighted by atomic mass is 9.93. The van der Waals surface area contributed by atoms with Gasteiger partial charge in [-0.05, 0) is 128 Å². The Bertz CT molecular complexity index is 4370. The number of aryl methyl sites for hydroxylation is 5. The van der Waals surface area contributed by atoms with Crippen molar-refractivity contribution < 1.29 is 35.8 Å². The number of hydrogen-bond donors (Lipinski definition) is 7. The molecule has 0 saturated carbocycles. The van der Waals surface area contributed by atoms with E-state index in [1.165, 1.54) is 0 Å². The summed E-state index contributed by atoms with van der Waals surface area (Å²) in [5.41, 5.74) is 11.7. The van der Waals surface area contributed by atoms with Crippen LogP contribution in [0.2, 0.25) is 0 Å². The molecule has 2 amide bonds. The normalized spacial score (nSPS) is 12.9. The Morgan fingerprint density at radius 3 is 1.42 bits per heavy atom. The highest BCUT2D eigenvalue weighted by Crippen LogP contribution is 2.32. The van der Waals surface area contributed by atoms with Crippen molar-refractivity contribution in [1.29, 1.82) is 0 Å². The minimum atomic E-state index is -1.69. The number of ether oxygens (including phenoxy) is 2. The van der Waals surface area contributed by atoms with Crippen molar-refractivity contribution >= 4 is 62.7 Å². The summed E-state index contributed by atoms with van der Waals surface area (Å²) in [5, 5.41) is 37.2. The first-order valence-corrected chi connectivity index (χ1v) is 34.3. The molecule has 4 atom stereocenters. The van der Waals surface area contributed by atoms with Crippen LogP contribution in [0.4, 0.5) is 11.4 Å². The molecule has 7 N–H and O–H groups in total. The van der Waals surface area contributed by atoms with Crippen molar-refractivity contribution in [3.63, 3.8) is 0 Å². The van der Waals surface area contributed by atoms with E-state index in [0.717, 1.165) is 82.7 Å². The molecule has 24 nitrogen and oxygen atoms in total. The summed E-state index contributed by atoms with van der Waals surface area (Å²) in [4.78, 5) is 32.2. The molecule has 0 saturated heterocycles. The van der Waals surface area contributed by atoms with Gasteiger partial charge in [0.1, 0.15) is 23.0 Å². The highest BCUT2D eigenvalue weighted by atomic mass is 32.2. The molecule has 6 aromatic heterocycles. The number of carbonyl (C=O) groups is 2. The van der Waals surface area contributed by atoms with Gasteiger partial charge >= 0.3 is 0 Å². The second-order valence-electron chi connectivity index (χ2n) is 25.7. The van der Waals surface area contributed by atoms with Gasteiger partial charge in [0, 0.05) is 63.0 Å². The molecular formula is C70H88N16O8S2. The van der Waals surface area contributed by atoms with Crippen molar-refractivity contribution in [3.05, 3.63) is 183 Å². The number of aromatic nitrogens is 12. The van der Waals surface area contributed by atoms with E-state index in [1.807, 2.05) is 120 Å². The number of nitrogens with zero attached hydrogens (tertiary/aromatic N) is 9. The number of unbranched alkanes of at least 4 members (excludes halogenated alkanes) is 2. The standard InChI is InChI=1S/C38H46N6O4.C17H23N5O2S.C15H19N5O2S/c1-8-10-16-47-31-14-12-24(3)18-29(31)36(45)39-27-20-26(35-41-34-23-33(38(5,6)7)42-44(34)43-35)21-28(22-27)40-37(46)30-19-25(4)13-15-32(30)48-17-11-9-2;1-11-6-8-13(9-7-11)24-25(23)21-12(2)16-19-18-15-10-14(17(3,4)5)20-22(15)16;1-4-12-9-14-16-17-15(20(14)18-12)11(3)19-23(21)22-13-7-5-10(2)6-8-13/h12-15,18-23,42H,8-11,16-17H2,1-7H3,(H,39,45)(H,40,46);6-10,12,20-21H,1-5H3;5-9,11,18-19H,4H2,1-3H3. The van der Waals surface area contributed by atoms with E-state index < -0.39 is 22.5 Å². The van der Waals surface area contributed by atoms with Crippen LogP contribution >= 0.6 is 0 Å². The number of anilines is 2. The molecule has 96 heavy (non-hydrogen) atoms. The predicted molar refractivity (Wildman–Crippen MR) is 376 cm³/mol. The molecule has 0 aliphatic carbocycles. The Morgan fingerprint density at radius 1 is 0.531 bits per heavy atom. The molecule has 26 heteroatoms. The number of aromatic amines is 3. The minimum Gasteiger partial charge on any atom is -0.493 e. The Labute approximate surface area is 565 Å². The van der Waals surface area contributed by atoms with Crippen LogP contribution in [0.5, 0.6) is 23.0 Å². The van der Waals surface area contributed by atoms with Gasteiger partial charge in [0.15, 0.2) is 34.4 Å². The minimum absolute atomic E-state index is 0.0218. The topological polar surface area (TPSA) is 291 Å². The zero-order chi connectivity index (χ0) is 69.0. The van der Waals surface area contributed by atoms with Crippen molar-refractivity contribution in [2.24, 2.45) is 0 Å². The van der Waals surface area contributed by atoms with E-state index in [-0.39, 0.29) is 34.7 Å². The number of H-pyrrole nitrogens is 3. The summed E-state index contributed by atoms with van der Waals surface area (Å²) >= 11 is -3.37. The van der Waals surface area contributed by atoms with Crippen molar-refractivity contribution in [1.82, 2.24) is 68.9 Å². The van der Waals surface area contributed by atoms with Gasteiger partial charge in [-0.1, -0.05) is 134 Å². The second kappa shape index (κ2) is 31.4. The van der Waals surface area contributed by atoms with Gasteiger partial charge in [-0.3, -0.25) is 24.9 Å². The Hall–Kier alpha value is -9.50. The summed E-state index contributed by atoms with van der Waals surface area (Å²) in [7, 11) is 0. The molecule has 0 radical (unpaired) electrons. The third-order valence-corrected chi connectivity index (χ3v) is 17.1. The van der Waals surface area contributed by atoms with Crippen LogP contribution in [0.25, 0.3) is 28.3 Å². The molecule has 0 fully saturated rings. The van der Waals surface area contributed by atoms with E-state index in [0.29, 0.717) is 87.4 Å². The highest BCUT2D eigenvalue weighted by Gasteiger charge is 2.25. The van der Waals surface area contributed by atoms with Crippen molar-refractivity contribution in [3.8, 4) is 34.4 Å². The van der Waals surface area contributed by atoms with Crippen molar-refractivity contribution in [2.75, 3.05) is 23.8 Å². The van der Waals surface area contributed by atoms with Crippen LogP contribution in [0.3, 0.4) is 0 Å². The molecule has 508 valence electrons. The third kappa shape index (κ3) is 18.5. The molecular weight excluding hydrogens is 1260 g/mol.